The largest absolute Gasteiger partial charge is 0.481 e. The molecule has 6 heteroatoms. The molecular formula is C14H21N3O3. The van der Waals surface area contributed by atoms with Gasteiger partial charge >= 0.3 is 0 Å². The van der Waals surface area contributed by atoms with E-state index in [1.54, 1.807) is 30.2 Å². The second kappa shape index (κ2) is 6.19. The zero-order valence-electron chi connectivity index (χ0n) is 12.2. The average Bonchev–Trinajstić information content (AvgIpc) is 2.46. The molecule has 0 aromatic carbocycles. The van der Waals surface area contributed by atoms with Gasteiger partial charge < -0.3 is 19.7 Å². The molecule has 20 heavy (non-hydrogen) atoms. The first kappa shape index (κ1) is 14.7. The lowest BCUT2D eigenvalue weighted by molar-refractivity contribution is 0.0451. The number of pyridine rings is 1. The van der Waals surface area contributed by atoms with Gasteiger partial charge in [-0.1, -0.05) is 6.07 Å². The maximum atomic E-state index is 12.5. The average molecular weight is 279 g/mol. The summed E-state index contributed by atoms with van der Waals surface area (Å²) in [6, 6.07) is 5.21. The summed E-state index contributed by atoms with van der Waals surface area (Å²) in [4.78, 5) is 18.5. The number of nitrogens with one attached hydrogen (secondary N) is 1. The first-order valence-corrected chi connectivity index (χ1v) is 6.62. The fourth-order valence-electron chi connectivity index (χ4n) is 2.45. The van der Waals surface area contributed by atoms with E-state index in [2.05, 4.69) is 17.2 Å². The van der Waals surface area contributed by atoms with Gasteiger partial charge in [0.2, 0.25) is 5.88 Å². The third-order valence-corrected chi connectivity index (χ3v) is 3.38. The van der Waals surface area contributed by atoms with Crippen molar-refractivity contribution < 1.29 is 14.3 Å². The monoisotopic (exact) mass is 279 g/mol. The highest BCUT2D eigenvalue weighted by Gasteiger charge is 2.33. The molecule has 1 fully saturated rings. The van der Waals surface area contributed by atoms with Crippen molar-refractivity contribution in [2.75, 3.05) is 40.5 Å². The van der Waals surface area contributed by atoms with Crippen molar-refractivity contribution in [2.45, 2.75) is 12.5 Å². The summed E-state index contributed by atoms with van der Waals surface area (Å²) in [5, 5.41) is 3.39. The van der Waals surface area contributed by atoms with Crippen molar-refractivity contribution in [3.05, 3.63) is 23.9 Å². The Balaban J connectivity index is 2.12. The molecule has 0 bridgehead atoms. The molecule has 1 atom stereocenters. The van der Waals surface area contributed by atoms with Crippen LogP contribution < -0.4 is 10.1 Å². The van der Waals surface area contributed by atoms with Gasteiger partial charge in [0.1, 0.15) is 5.69 Å². The third kappa shape index (κ3) is 3.26. The normalized spacial score (nSPS) is 22.6. The number of amides is 1. The van der Waals surface area contributed by atoms with Crippen molar-refractivity contribution in [2.24, 2.45) is 0 Å². The molecule has 1 amide bonds. The zero-order chi connectivity index (χ0) is 14.6. The van der Waals surface area contributed by atoms with E-state index in [1.165, 1.54) is 7.11 Å². The molecule has 1 aromatic rings. The summed E-state index contributed by atoms with van der Waals surface area (Å²) in [5.41, 5.74) is 0.188. The predicted molar refractivity (Wildman–Crippen MR) is 75.0 cm³/mol. The minimum Gasteiger partial charge on any atom is -0.481 e. The minimum atomic E-state index is -0.221. The summed E-state index contributed by atoms with van der Waals surface area (Å²) in [6.07, 6.45) is 0. The second-order valence-corrected chi connectivity index (χ2v) is 5.21. The van der Waals surface area contributed by atoms with Gasteiger partial charge in [0, 0.05) is 32.8 Å². The highest BCUT2D eigenvalue weighted by Crippen LogP contribution is 2.15. The molecule has 2 heterocycles. The van der Waals surface area contributed by atoms with Crippen LogP contribution in [0.2, 0.25) is 0 Å². The number of hydrogen-bond donors (Lipinski definition) is 1. The Morgan fingerprint density at radius 1 is 1.50 bits per heavy atom. The zero-order valence-corrected chi connectivity index (χ0v) is 12.2. The molecule has 0 aliphatic carbocycles. The number of ether oxygens (including phenoxy) is 2. The number of carbonyl (C=O) groups is 1. The number of hydrogen-bond acceptors (Lipinski definition) is 5. The van der Waals surface area contributed by atoms with Crippen molar-refractivity contribution in [3.63, 3.8) is 0 Å². The Labute approximate surface area is 119 Å². The SMILES string of the molecule is COCC1(C)CN(C(=O)c2cccc(OC)n2)CCN1. The number of carbonyl (C=O) groups excluding carboxylic acids is 1. The van der Waals surface area contributed by atoms with E-state index < -0.39 is 0 Å². The lowest BCUT2D eigenvalue weighted by Gasteiger charge is -2.40. The van der Waals surface area contributed by atoms with E-state index >= 15 is 0 Å². The standard InChI is InChI=1S/C14H21N3O3/c1-14(10-19-2)9-17(8-7-15-14)13(18)11-5-4-6-12(16-11)20-3/h4-6,15H,7-10H2,1-3H3. The number of rotatable bonds is 4. The summed E-state index contributed by atoms with van der Waals surface area (Å²) in [7, 11) is 3.20. The van der Waals surface area contributed by atoms with E-state index in [9.17, 15) is 4.79 Å². The van der Waals surface area contributed by atoms with Gasteiger partial charge in [0.05, 0.1) is 19.3 Å². The van der Waals surface area contributed by atoms with Crippen molar-refractivity contribution in [3.8, 4) is 5.88 Å². The first-order chi connectivity index (χ1) is 9.58. The Hall–Kier alpha value is -1.66. The number of methoxy groups -OCH3 is 2. The van der Waals surface area contributed by atoms with Crippen LogP contribution in [-0.4, -0.2) is 61.8 Å². The summed E-state index contributed by atoms with van der Waals surface area (Å²) >= 11 is 0. The van der Waals surface area contributed by atoms with Crippen LogP contribution in [0.5, 0.6) is 5.88 Å². The fourth-order valence-corrected chi connectivity index (χ4v) is 2.45. The second-order valence-electron chi connectivity index (χ2n) is 5.21. The maximum absolute atomic E-state index is 12.5. The molecule has 0 spiro atoms. The van der Waals surface area contributed by atoms with E-state index in [0.29, 0.717) is 31.3 Å². The van der Waals surface area contributed by atoms with Crippen LogP contribution in [0.1, 0.15) is 17.4 Å². The number of nitrogens with zero attached hydrogens (tertiary/aromatic N) is 2. The van der Waals surface area contributed by atoms with Crippen LogP contribution in [0.15, 0.2) is 18.2 Å². The van der Waals surface area contributed by atoms with Gasteiger partial charge in [-0.3, -0.25) is 4.79 Å². The quantitative estimate of drug-likeness (QED) is 0.871. The van der Waals surface area contributed by atoms with Gasteiger partial charge in [0.25, 0.3) is 5.91 Å². The van der Waals surface area contributed by atoms with E-state index in [1.807, 2.05) is 0 Å². The molecule has 1 aliphatic heterocycles. The van der Waals surface area contributed by atoms with Crippen LogP contribution >= 0.6 is 0 Å². The van der Waals surface area contributed by atoms with E-state index in [0.717, 1.165) is 6.54 Å². The molecule has 1 aliphatic rings. The van der Waals surface area contributed by atoms with Gasteiger partial charge in [-0.25, -0.2) is 4.98 Å². The van der Waals surface area contributed by atoms with Crippen LogP contribution in [0.3, 0.4) is 0 Å². The molecule has 0 radical (unpaired) electrons. The van der Waals surface area contributed by atoms with E-state index in [4.69, 9.17) is 9.47 Å². The van der Waals surface area contributed by atoms with Crippen molar-refractivity contribution in [1.29, 1.82) is 0 Å². The molecule has 1 N–H and O–H groups in total. The van der Waals surface area contributed by atoms with Crippen molar-refractivity contribution in [1.82, 2.24) is 15.2 Å². The van der Waals surface area contributed by atoms with Crippen LogP contribution in [0.25, 0.3) is 0 Å². The van der Waals surface area contributed by atoms with Gasteiger partial charge in [-0.2, -0.15) is 0 Å². The summed E-state index contributed by atoms with van der Waals surface area (Å²) in [6.45, 7) is 4.61. The first-order valence-electron chi connectivity index (χ1n) is 6.62. The predicted octanol–water partition coefficient (Wildman–Crippen LogP) is 0.541. The summed E-state index contributed by atoms with van der Waals surface area (Å²) < 4.78 is 10.3. The summed E-state index contributed by atoms with van der Waals surface area (Å²) in [5.74, 6) is 0.373. The molecular weight excluding hydrogens is 258 g/mol. The molecule has 1 unspecified atom stereocenters. The lowest BCUT2D eigenvalue weighted by Crippen LogP contribution is -2.62. The van der Waals surface area contributed by atoms with Gasteiger partial charge in [0.15, 0.2) is 0 Å². The molecule has 6 nitrogen and oxygen atoms in total. The van der Waals surface area contributed by atoms with Crippen LogP contribution in [0, 0.1) is 0 Å². The number of aromatic nitrogens is 1. The Morgan fingerprint density at radius 2 is 2.30 bits per heavy atom. The highest BCUT2D eigenvalue weighted by atomic mass is 16.5. The van der Waals surface area contributed by atoms with Crippen molar-refractivity contribution >= 4 is 5.91 Å². The molecule has 1 saturated heterocycles. The Bertz CT molecular complexity index is 476. The van der Waals surface area contributed by atoms with Crippen LogP contribution in [0.4, 0.5) is 0 Å². The van der Waals surface area contributed by atoms with Gasteiger partial charge in [-0.15, -0.1) is 0 Å². The lowest BCUT2D eigenvalue weighted by atomic mass is 10.00. The minimum absolute atomic E-state index is 0.0762. The maximum Gasteiger partial charge on any atom is 0.272 e. The molecule has 0 saturated carbocycles. The molecule has 2 rings (SSSR count). The van der Waals surface area contributed by atoms with Crippen LogP contribution in [-0.2, 0) is 4.74 Å². The third-order valence-electron chi connectivity index (χ3n) is 3.38. The Kier molecular flexibility index (Phi) is 4.57. The topological polar surface area (TPSA) is 63.7 Å². The Morgan fingerprint density at radius 3 is 3.00 bits per heavy atom. The molecule has 1 aromatic heterocycles. The molecule has 110 valence electrons. The van der Waals surface area contributed by atoms with Gasteiger partial charge in [-0.05, 0) is 13.0 Å². The highest BCUT2D eigenvalue weighted by molar-refractivity contribution is 5.92. The van der Waals surface area contributed by atoms with E-state index in [-0.39, 0.29) is 11.4 Å². The smallest absolute Gasteiger partial charge is 0.272 e. The fraction of sp³-hybridized carbons (Fsp3) is 0.571. The number of piperazine rings is 1.